The molecule has 0 atom stereocenters. The van der Waals surface area contributed by atoms with Gasteiger partial charge in [-0.3, -0.25) is 4.55 Å². The zero-order chi connectivity index (χ0) is 14.2. The topological polar surface area (TPSA) is 108 Å². The van der Waals surface area contributed by atoms with Crippen LogP contribution < -0.4 is 0 Å². The predicted octanol–water partition coefficient (Wildman–Crippen LogP) is -0.172. The summed E-state index contributed by atoms with van der Waals surface area (Å²) >= 11 is 0. The average Bonchev–Trinajstić information content (AvgIpc) is 3.13. The molecule has 3 heterocycles. The van der Waals surface area contributed by atoms with Gasteiger partial charge in [-0.15, -0.1) is 0 Å². The summed E-state index contributed by atoms with van der Waals surface area (Å²) < 4.78 is 37.3. The minimum Gasteiger partial charge on any atom is -0.281 e. The van der Waals surface area contributed by atoms with E-state index >= 15 is 0 Å². The fourth-order valence-corrected chi connectivity index (χ4v) is 3.03. The summed E-state index contributed by atoms with van der Waals surface area (Å²) in [6.45, 7) is 0. The molecule has 0 aliphatic carbocycles. The zero-order valence-corrected chi connectivity index (χ0v) is 10.9. The second-order valence-corrected chi connectivity index (χ2v) is 5.40. The second kappa shape index (κ2) is 4.28. The van der Waals surface area contributed by atoms with E-state index in [0.717, 1.165) is 14.0 Å². The molecule has 0 bridgehead atoms. The van der Waals surface area contributed by atoms with Crippen molar-refractivity contribution in [1.29, 1.82) is 0 Å². The van der Waals surface area contributed by atoms with Crippen LogP contribution in [-0.2, 0) is 15.2 Å². The fourth-order valence-electron chi connectivity index (χ4n) is 1.99. The Kier molecular flexibility index (Phi) is 2.69. The normalized spacial score (nSPS) is 12.7. The molecule has 3 rings (SSSR count). The van der Waals surface area contributed by atoms with Gasteiger partial charge in [0.25, 0.3) is 0 Å². The molecule has 0 fully saturated rings. The number of hydrogen-bond donors (Lipinski definition) is 1. The Morgan fingerprint density at radius 3 is 1.35 bits per heavy atom. The van der Waals surface area contributed by atoms with Gasteiger partial charge >= 0.3 is 15.2 Å². The quantitative estimate of drug-likeness (QED) is 0.669. The molecular formula is C10H10N6O3S. The Labute approximate surface area is 113 Å². The van der Waals surface area contributed by atoms with Crippen LogP contribution in [0.3, 0.4) is 0 Å². The molecule has 3 aromatic rings. The van der Waals surface area contributed by atoms with Crippen molar-refractivity contribution in [3.8, 4) is 0 Å². The van der Waals surface area contributed by atoms with Gasteiger partial charge in [-0.2, -0.15) is 23.7 Å². The Hall–Kier alpha value is -2.46. The molecule has 0 unspecified atom stereocenters. The van der Waals surface area contributed by atoms with Crippen LogP contribution in [0.4, 0.5) is 0 Å². The first-order valence-electron chi connectivity index (χ1n) is 5.54. The smallest absolute Gasteiger partial charge is 0.281 e. The molecule has 0 aliphatic heterocycles. The Balaban J connectivity index is 2.43. The molecule has 10 heteroatoms. The van der Waals surface area contributed by atoms with Gasteiger partial charge in [0, 0.05) is 37.2 Å². The summed E-state index contributed by atoms with van der Waals surface area (Å²) in [6, 6.07) is 4.60. The Bertz CT molecular complexity index is 692. The number of nitrogens with zero attached hydrogens (tertiary/aromatic N) is 6. The van der Waals surface area contributed by atoms with E-state index in [1.54, 1.807) is 0 Å². The number of rotatable bonds is 4. The first kappa shape index (κ1) is 12.6. The maximum atomic E-state index is 12.1. The van der Waals surface area contributed by atoms with Crippen molar-refractivity contribution in [2.24, 2.45) is 0 Å². The van der Waals surface area contributed by atoms with E-state index in [-0.39, 0.29) is 0 Å². The van der Waals surface area contributed by atoms with Gasteiger partial charge in [0.15, 0.2) is 0 Å². The first-order chi connectivity index (χ1) is 9.57. The lowest BCUT2D eigenvalue weighted by Gasteiger charge is -2.30. The molecule has 0 amide bonds. The molecular weight excluding hydrogens is 284 g/mol. The lowest BCUT2D eigenvalue weighted by atomic mass is 10.6. The molecule has 20 heavy (non-hydrogen) atoms. The van der Waals surface area contributed by atoms with Gasteiger partial charge in [0.1, 0.15) is 0 Å². The van der Waals surface area contributed by atoms with Crippen molar-refractivity contribution in [2.75, 3.05) is 0 Å². The van der Waals surface area contributed by atoms with Gasteiger partial charge in [-0.1, -0.05) is 0 Å². The molecule has 0 saturated carbocycles. The molecule has 0 aromatic carbocycles. The summed E-state index contributed by atoms with van der Waals surface area (Å²) in [6.07, 6.45) is 8.39. The Morgan fingerprint density at radius 1 is 0.800 bits per heavy atom. The van der Waals surface area contributed by atoms with Crippen LogP contribution in [-0.4, -0.2) is 42.3 Å². The second-order valence-electron chi connectivity index (χ2n) is 3.90. The van der Waals surface area contributed by atoms with Crippen molar-refractivity contribution >= 4 is 10.1 Å². The van der Waals surface area contributed by atoms with Gasteiger partial charge in [-0.25, -0.2) is 14.0 Å². The van der Waals surface area contributed by atoms with Gasteiger partial charge in [0.05, 0.1) is 0 Å². The highest BCUT2D eigenvalue weighted by Gasteiger charge is 2.51. The third kappa shape index (κ3) is 1.58. The maximum absolute atomic E-state index is 12.1. The molecule has 9 nitrogen and oxygen atoms in total. The van der Waals surface area contributed by atoms with Gasteiger partial charge in [-0.05, 0) is 18.2 Å². The highest BCUT2D eigenvalue weighted by atomic mass is 32.2. The molecule has 1 N–H and O–H groups in total. The average molecular weight is 294 g/mol. The molecule has 3 aromatic heterocycles. The lowest BCUT2D eigenvalue weighted by Crippen LogP contribution is -2.54. The van der Waals surface area contributed by atoms with Gasteiger partial charge < -0.3 is 0 Å². The monoisotopic (exact) mass is 294 g/mol. The zero-order valence-electron chi connectivity index (χ0n) is 10.1. The third-order valence-electron chi connectivity index (χ3n) is 2.75. The molecule has 0 radical (unpaired) electrons. The number of aromatic nitrogens is 6. The molecule has 104 valence electrons. The molecule has 0 saturated heterocycles. The van der Waals surface area contributed by atoms with E-state index in [9.17, 15) is 13.0 Å². The third-order valence-corrected chi connectivity index (χ3v) is 4.01. The van der Waals surface area contributed by atoms with Crippen LogP contribution in [0.15, 0.2) is 55.4 Å². The van der Waals surface area contributed by atoms with E-state index in [4.69, 9.17) is 0 Å². The first-order valence-corrected chi connectivity index (χ1v) is 6.98. The summed E-state index contributed by atoms with van der Waals surface area (Å²) in [5.74, 6) is 0. The highest BCUT2D eigenvalue weighted by molar-refractivity contribution is 7.86. The van der Waals surface area contributed by atoms with Crippen LogP contribution in [0.25, 0.3) is 0 Å². The van der Waals surface area contributed by atoms with Crippen LogP contribution in [0.1, 0.15) is 0 Å². The lowest BCUT2D eigenvalue weighted by molar-refractivity contribution is 0.199. The predicted molar refractivity (Wildman–Crippen MR) is 67.0 cm³/mol. The standard InChI is InChI=1S/C10H10N6O3S/c17-20(18,19)10(14-7-1-4-11-14,15-8-2-5-12-15)16-9-3-6-13-16/h1-9H,(H,17,18,19). The summed E-state index contributed by atoms with van der Waals surface area (Å²) in [7, 11) is -4.69. The minimum atomic E-state index is -4.69. The highest BCUT2D eigenvalue weighted by Crippen LogP contribution is 2.25. The van der Waals surface area contributed by atoms with Crippen LogP contribution >= 0.6 is 0 Å². The Morgan fingerprint density at radius 2 is 1.15 bits per heavy atom. The van der Waals surface area contributed by atoms with Crippen molar-refractivity contribution < 1.29 is 13.0 Å². The summed E-state index contributed by atoms with van der Waals surface area (Å²) in [5.41, 5.74) is 0. The largest absolute Gasteiger partial charge is 0.380 e. The van der Waals surface area contributed by atoms with Crippen molar-refractivity contribution in [3.05, 3.63) is 55.4 Å². The van der Waals surface area contributed by atoms with E-state index in [1.807, 2.05) is 0 Å². The van der Waals surface area contributed by atoms with Gasteiger partial charge in [0.2, 0.25) is 0 Å². The maximum Gasteiger partial charge on any atom is 0.380 e. The summed E-state index contributed by atoms with van der Waals surface area (Å²) in [5, 5.41) is 9.62. The molecule has 0 spiro atoms. The fraction of sp³-hybridized carbons (Fsp3) is 0.100. The van der Waals surface area contributed by atoms with Crippen LogP contribution in [0, 0.1) is 0 Å². The van der Waals surface area contributed by atoms with Crippen LogP contribution in [0.2, 0.25) is 0 Å². The van der Waals surface area contributed by atoms with E-state index < -0.39 is 15.2 Å². The van der Waals surface area contributed by atoms with E-state index in [0.29, 0.717) is 0 Å². The summed E-state index contributed by atoms with van der Waals surface area (Å²) in [4.78, 5) is 0. The molecule has 0 aliphatic rings. The van der Waals surface area contributed by atoms with Crippen molar-refractivity contribution in [3.63, 3.8) is 0 Å². The van der Waals surface area contributed by atoms with Crippen molar-refractivity contribution in [2.45, 2.75) is 5.12 Å². The minimum absolute atomic E-state index is 1.06. The van der Waals surface area contributed by atoms with E-state index in [2.05, 4.69) is 15.3 Å². The van der Waals surface area contributed by atoms with Crippen molar-refractivity contribution in [1.82, 2.24) is 29.3 Å². The van der Waals surface area contributed by atoms with Crippen LogP contribution in [0.5, 0.6) is 0 Å². The SMILES string of the molecule is O=S(=O)(O)C(n1cccn1)(n1cccn1)n1cccn1. The van der Waals surface area contributed by atoms with E-state index in [1.165, 1.54) is 55.4 Å². The number of hydrogen-bond acceptors (Lipinski definition) is 5.